The second-order valence-electron chi connectivity index (χ2n) is 6.03. The van der Waals surface area contributed by atoms with Crippen LogP contribution in [0.25, 0.3) is 0 Å². The maximum Gasteiger partial charge on any atom is 0.125 e. The summed E-state index contributed by atoms with van der Waals surface area (Å²) in [7, 11) is 0. The van der Waals surface area contributed by atoms with Crippen molar-refractivity contribution >= 4 is 34.8 Å². The summed E-state index contributed by atoms with van der Waals surface area (Å²) in [6.45, 7) is 2.55. The largest absolute Gasteiger partial charge is 0.489 e. The van der Waals surface area contributed by atoms with Gasteiger partial charge in [-0.2, -0.15) is 0 Å². The lowest BCUT2D eigenvalue weighted by Crippen LogP contribution is -2.11. The van der Waals surface area contributed by atoms with Crippen LogP contribution in [0.1, 0.15) is 36.9 Å². The van der Waals surface area contributed by atoms with Gasteiger partial charge in [0.05, 0.1) is 22.4 Å². The summed E-state index contributed by atoms with van der Waals surface area (Å²) < 4.78 is 8.19. The standard InChI is InChI=1S/C20H19Cl3N2O/c1-2-3-19(25-9-8-24-13-25)16-11-15(21)5-7-20(16)26-12-14-4-6-17(22)18(23)10-14/h4-11,13,19H,2-3,12H2,1H3. The van der Waals surface area contributed by atoms with Gasteiger partial charge in [-0.1, -0.05) is 54.2 Å². The first kappa shape index (κ1) is 19.1. The Morgan fingerprint density at radius 3 is 2.62 bits per heavy atom. The van der Waals surface area contributed by atoms with Crippen LogP contribution >= 0.6 is 34.8 Å². The van der Waals surface area contributed by atoms with Crippen LogP contribution in [0.5, 0.6) is 5.75 Å². The second kappa shape index (κ2) is 8.81. The highest BCUT2D eigenvalue weighted by atomic mass is 35.5. The van der Waals surface area contributed by atoms with Crippen molar-refractivity contribution in [1.29, 1.82) is 0 Å². The van der Waals surface area contributed by atoms with Gasteiger partial charge in [-0.05, 0) is 42.3 Å². The van der Waals surface area contributed by atoms with Gasteiger partial charge in [0, 0.05) is 23.0 Å². The van der Waals surface area contributed by atoms with E-state index in [9.17, 15) is 0 Å². The van der Waals surface area contributed by atoms with Crippen molar-refractivity contribution in [3.05, 3.63) is 81.3 Å². The summed E-state index contributed by atoms with van der Waals surface area (Å²) in [6.07, 6.45) is 7.55. The van der Waals surface area contributed by atoms with Crippen LogP contribution in [0, 0.1) is 0 Å². The normalized spacial score (nSPS) is 12.2. The lowest BCUT2D eigenvalue weighted by atomic mass is 10.0. The van der Waals surface area contributed by atoms with Crippen LogP contribution in [0.15, 0.2) is 55.1 Å². The van der Waals surface area contributed by atoms with Crippen molar-refractivity contribution in [3.63, 3.8) is 0 Å². The lowest BCUT2D eigenvalue weighted by Gasteiger charge is -2.22. The molecule has 6 heteroatoms. The Hall–Kier alpha value is -1.68. The number of hydrogen-bond donors (Lipinski definition) is 0. The molecule has 136 valence electrons. The zero-order valence-corrected chi connectivity index (χ0v) is 16.6. The number of ether oxygens (including phenoxy) is 1. The Balaban J connectivity index is 1.88. The van der Waals surface area contributed by atoms with E-state index in [1.165, 1.54) is 0 Å². The Kier molecular flexibility index (Phi) is 6.47. The van der Waals surface area contributed by atoms with Gasteiger partial charge in [0.2, 0.25) is 0 Å². The lowest BCUT2D eigenvalue weighted by molar-refractivity contribution is 0.298. The molecular weight excluding hydrogens is 391 g/mol. The smallest absolute Gasteiger partial charge is 0.125 e. The molecule has 26 heavy (non-hydrogen) atoms. The summed E-state index contributed by atoms with van der Waals surface area (Å²) in [6, 6.07) is 11.3. The van der Waals surface area contributed by atoms with Crippen LogP contribution in [0.2, 0.25) is 15.1 Å². The van der Waals surface area contributed by atoms with Gasteiger partial charge in [0.15, 0.2) is 0 Å². The maximum absolute atomic E-state index is 6.27. The molecule has 0 aliphatic heterocycles. The highest BCUT2D eigenvalue weighted by Crippen LogP contribution is 2.34. The van der Waals surface area contributed by atoms with Gasteiger partial charge in [-0.25, -0.2) is 4.98 Å². The predicted octanol–water partition coefficient (Wildman–Crippen LogP) is 6.81. The summed E-state index contributed by atoms with van der Waals surface area (Å²) in [5.74, 6) is 0.799. The fourth-order valence-corrected chi connectivity index (χ4v) is 3.40. The SMILES string of the molecule is CCCC(c1cc(Cl)ccc1OCc1ccc(Cl)c(Cl)c1)n1ccnc1. The molecule has 1 unspecified atom stereocenters. The van der Waals surface area contributed by atoms with Crippen molar-refractivity contribution in [2.75, 3.05) is 0 Å². The van der Waals surface area contributed by atoms with Crippen molar-refractivity contribution in [3.8, 4) is 5.75 Å². The first-order valence-electron chi connectivity index (χ1n) is 8.42. The number of rotatable bonds is 7. The number of aromatic nitrogens is 2. The molecule has 0 radical (unpaired) electrons. The predicted molar refractivity (Wildman–Crippen MR) is 108 cm³/mol. The molecule has 0 bridgehead atoms. The molecule has 0 saturated heterocycles. The van der Waals surface area contributed by atoms with Gasteiger partial charge in [-0.3, -0.25) is 0 Å². The Morgan fingerprint density at radius 1 is 1.08 bits per heavy atom. The zero-order chi connectivity index (χ0) is 18.5. The average molecular weight is 410 g/mol. The molecule has 1 heterocycles. The van der Waals surface area contributed by atoms with Gasteiger partial charge >= 0.3 is 0 Å². The van der Waals surface area contributed by atoms with Crippen molar-refractivity contribution in [2.24, 2.45) is 0 Å². The number of nitrogens with zero attached hydrogens (tertiary/aromatic N) is 2. The van der Waals surface area contributed by atoms with Gasteiger partial charge in [0.1, 0.15) is 12.4 Å². The fraction of sp³-hybridized carbons (Fsp3) is 0.250. The van der Waals surface area contributed by atoms with E-state index in [1.54, 1.807) is 12.3 Å². The fourth-order valence-electron chi connectivity index (χ4n) is 2.89. The summed E-state index contributed by atoms with van der Waals surface area (Å²) >= 11 is 18.3. The minimum absolute atomic E-state index is 0.116. The van der Waals surface area contributed by atoms with E-state index in [1.807, 2.05) is 42.9 Å². The number of imidazole rings is 1. The van der Waals surface area contributed by atoms with E-state index in [0.29, 0.717) is 21.7 Å². The first-order chi connectivity index (χ1) is 12.6. The minimum Gasteiger partial charge on any atom is -0.489 e. The quantitative estimate of drug-likeness (QED) is 0.428. The van der Waals surface area contributed by atoms with Gasteiger partial charge in [-0.15, -0.1) is 0 Å². The molecule has 2 aromatic carbocycles. The van der Waals surface area contributed by atoms with E-state index < -0.39 is 0 Å². The molecule has 0 aliphatic carbocycles. The molecule has 0 aliphatic rings. The second-order valence-corrected chi connectivity index (χ2v) is 7.28. The molecule has 0 N–H and O–H groups in total. The summed E-state index contributed by atoms with van der Waals surface area (Å²) in [5, 5.41) is 1.74. The van der Waals surface area contributed by atoms with E-state index in [-0.39, 0.29) is 6.04 Å². The molecule has 3 rings (SSSR count). The average Bonchev–Trinajstić information content (AvgIpc) is 3.16. The first-order valence-corrected chi connectivity index (χ1v) is 9.55. The molecule has 3 nitrogen and oxygen atoms in total. The Labute approximate surface area is 168 Å². The van der Waals surface area contributed by atoms with Gasteiger partial charge < -0.3 is 9.30 Å². The van der Waals surface area contributed by atoms with E-state index >= 15 is 0 Å². The molecule has 0 saturated carbocycles. The number of hydrogen-bond acceptors (Lipinski definition) is 2. The highest BCUT2D eigenvalue weighted by Gasteiger charge is 2.18. The van der Waals surface area contributed by atoms with Crippen LogP contribution < -0.4 is 4.74 Å². The zero-order valence-electron chi connectivity index (χ0n) is 14.3. The van der Waals surface area contributed by atoms with Crippen LogP contribution in [0.3, 0.4) is 0 Å². The molecule has 1 atom stereocenters. The van der Waals surface area contributed by atoms with E-state index in [2.05, 4.69) is 16.5 Å². The van der Waals surface area contributed by atoms with Crippen molar-refractivity contribution in [2.45, 2.75) is 32.4 Å². The molecule has 0 fully saturated rings. The van der Waals surface area contributed by atoms with Gasteiger partial charge in [0.25, 0.3) is 0 Å². The summed E-state index contributed by atoms with van der Waals surface area (Å²) in [5.41, 5.74) is 1.99. The molecular formula is C20H19Cl3N2O. The Morgan fingerprint density at radius 2 is 1.92 bits per heavy atom. The Bertz CT molecular complexity index is 865. The molecule has 0 amide bonds. The molecule has 1 aromatic heterocycles. The van der Waals surface area contributed by atoms with Crippen molar-refractivity contribution < 1.29 is 4.74 Å². The third kappa shape index (κ3) is 4.53. The number of halogens is 3. The van der Waals surface area contributed by atoms with E-state index in [0.717, 1.165) is 29.7 Å². The summed E-state index contributed by atoms with van der Waals surface area (Å²) in [4.78, 5) is 4.18. The molecule has 0 spiro atoms. The number of benzene rings is 2. The maximum atomic E-state index is 6.27. The van der Waals surface area contributed by atoms with E-state index in [4.69, 9.17) is 39.5 Å². The van der Waals surface area contributed by atoms with Crippen molar-refractivity contribution in [1.82, 2.24) is 9.55 Å². The molecule has 3 aromatic rings. The van der Waals surface area contributed by atoms with Crippen LogP contribution in [0.4, 0.5) is 0 Å². The monoisotopic (exact) mass is 408 g/mol. The van der Waals surface area contributed by atoms with Crippen LogP contribution in [-0.2, 0) is 6.61 Å². The van der Waals surface area contributed by atoms with Crippen LogP contribution in [-0.4, -0.2) is 9.55 Å². The third-order valence-electron chi connectivity index (χ3n) is 4.16. The highest BCUT2D eigenvalue weighted by molar-refractivity contribution is 6.42. The minimum atomic E-state index is 0.116. The third-order valence-corrected chi connectivity index (χ3v) is 5.13. The topological polar surface area (TPSA) is 27.1 Å².